The largest absolute Gasteiger partial charge is 0.457 e. The van der Waals surface area contributed by atoms with Gasteiger partial charge < -0.3 is 19.7 Å². The summed E-state index contributed by atoms with van der Waals surface area (Å²) in [7, 11) is 0. The fraction of sp³-hybridized carbons (Fsp3) is 0.0526. The summed E-state index contributed by atoms with van der Waals surface area (Å²) in [6, 6.07) is 43.9. The predicted molar refractivity (Wildman–Crippen MR) is 173 cm³/mol. The van der Waals surface area contributed by atoms with Crippen LogP contribution in [0.5, 0.6) is 23.0 Å². The molecular formula is C38H26Cl2O4. The van der Waals surface area contributed by atoms with Gasteiger partial charge in [-0.1, -0.05) is 108 Å². The van der Waals surface area contributed by atoms with Gasteiger partial charge in [0, 0.05) is 21.2 Å². The molecule has 6 aromatic carbocycles. The summed E-state index contributed by atoms with van der Waals surface area (Å²) < 4.78 is 12.0. The van der Waals surface area contributed by atoms with E-state index in [2.05, 4.69) is 0 Å². The molecule has 0 amide bonds. The van der Waals surface area contributed by atoms with Crippen LogP contribution in [-0.4, -0.2) is 10.2 Å². The summed E-state index contributed by atoms with van der Waals surface area (Å²) in [6.45, 7) is 0. The van der Waals surface area contributed by atoms with E-state index in [9.17, 15) is 10.2 Å². The maximum Gasteiger partial charge on any atom is 0.142 e. The molecule has 1 aliphatic carbocycles. The van der Waals surface area contributed by atoms with Gasteiger partial charge in [-0.25, -0.2) is 0 Å². The van der Waals surface area contributed by atoms with Crippen molar-refractivity contribution in [2.45, 2.75) is 11.2 Å². The van der Waals surface area contributed by atoms with Gasteiger partial charge in [0.25, 0.3) is 0 Å². The van der Waals surface area contributed by atoms with Crippen LogP contribution in [0.25, 0.3) is 0 Å². The molecule has 1 aliphatic rings. The van der Waals surface area contributed by atoms with E-state index in [4.69, 9.17) is 32.7 Å². The fourth-order valence-electron chi connectivity index (χ4n) is 6.02. The number of rotatable bonds is 6. The Morgan fingerprint density at radius 3 is 1.07 bits per heavy atom. The highest BCUT2D eigenvalue weighted by atomic mass is 35.5. The highest BCUT2D eigenvalue weighted by Crippen LogP contribution is 2.56. The highest BCUT2D eigenvalue weighted by Gasteiger charge is 2.53. The number of benzene rings is 6. The summed E-state index contributed by atoms with van der Waals surface area (Å²) in [6.07, 6.45) is 0. The van der Waals surface area contributed by atoms with Gasteiger partial charge in [-0.2, -0.15) is 0 Å². The smallest absolute Gasteiger partial charge is 0.142 e. The molecule has 0 bridgehead atoms. The molecule has 0 saturated carbocycles. The van der Waals surface area contributed by atoms with E-state index >= 15 is 0 Å². The molecule has 216 valence electrons. The molecule has 6 heteroatoms. The summed E-state index contributed by atoms with van der Waals surface area (Å²) >= 11 is 13.8. The quantitative estimate of drug-likeness (QED) is 0.196. The Kier molecular flexibility index (Phi) is 7.16. The zero-order valence-corrected chi connectivity index (χ0v) is 24.8. The Bertz CT molecular complexity index is 1800. The summed E-state index contributed by atoms with van der Waals surface area (Å²) in [4.78, 5) is 0. The van der Waals surface area contributed by atoms with Crippen LogP contribution in [0.1, 0.15) is 33.4 Å². The molecule has 0 spiro atoms. The van der Waals surface area contributed by atoms with Crippen molar-refractivity contribution < 1.29 is 19.7 Å². The van der Waals surface area contributed by atoms with Crippen LogP contribution in [0.4, 0.5) is 0 Å². The van der Waals surface area contributed by atoms with Gasteiger partial charge in [-0.3, -0.25) is 0 Å². The second-order valence-electron chi connectivity index (χ2n) is 10.6. The molecule has 0 aromatic heterocycles. The molecule has 0 heterocycles. The topological polar surface area (TPSA) is 58.9 Å². The average Bonchev–Trinajstić information content (AvgIpc) is 3.06. The molecule has 0 saturated heterocycles. The third-order valence-electron chi connectivity index (χ3n) is 8.04. The van der Waals surface area contributed by atoms with Crippen molar-refractivity contribution in [3.8, 4) is 23.0 Å². The van der Waals surface area contributed by atoms with Crippen LogP contribution in [0.3, 0.4) is 0 Å². The van der Waals surface area contributed by atoms with E-state index in [1.807, 2.05) is 84.9 Å². The molecular weight excluding hydrogens is 591 g/mol. The van der Waals surface area contributed by atoms with Crippen LogP contribution < -0.4 is 9.47 Å². The van der Waals surface area contributed by atoms with Crippen molar-refractivity contribution in [3.05, 3.63) is 189 Å². The van der Waals surface area contributed by atoms with Gasteiger partial charge in [0.15, 0.2) is 0 Å². The first kappa shape index (κ1) is 28.2. The first-order chi connectivity index (χ1) is 21.4. The maximum absolute atomic E-state index is 12.8. The maximum atomic E-state index is 12.8. The molecule has 2 atom stereocenters. The lowest BCUT2D eigenvalue weighted by Crippen LogP contribution is -2.44. The van der Waals surface area contributed by atoms with Crippen LogP contribution >= 0.6 is 23.2 Å². The normalized spacial score (nSPS) is 18.6. The van der Waals surface area contributed by atoms with Crippen LogP contribution in [0.15, 0.2) is 146 Å². The number of hydrogen-bond donors (Lipinski definition) is 2. The van der Waals surface area contributed by atoms with E-state index in [1.54, 1.807) is 60.7 Å². The summed E-state index contributed by atoms with van der Waals surface area (Å²) in [5.41, 5.74) is -0.776. The predicted octanol–water partition coefficient (Wildman–Crippen LogP) is 9.46. The van der Waals surface area contributed by atoms with Gasteiger partial charge in [-0.05, 0) is 82.9 Å². The number of para-hydroxylation sites is 2. The molecule has 2 unspecified atom stereocenters. The lowest BCUT2D eigenvalue weighted by atomic mass is 9.63. The molecule has 0 radical (unpaired) electrons. The number of halogens is 2. The van der Waals surface area contributed by atoms with Gasteiger partial charge >= 0.3 is 0 Å². The highest BCUT2D eigenvalue weighted by molar-refractivity contribution is 6.34. The van der Waals surface area contributed by atoms with E-state index < -0.39 is 11.2 Å². The first-order valence-corrected chi connectivity index (χ1v) is 14.8. The molecule has 2 N–H and O–H groups in total. The Balaban J connectivity index is 1.37. The number of aliphatic hydroxyl groups is 2. The Morgan fingerprint density at radius 2 is 0.705 bits per heavy atom. The summed E-state index contributed by atoms with van der Waals surface area (Å²) in [5.74, 6) is 2.62. The number of hydrogen-bond acceptors (Lipinski definition) is 4. The molecule has 4 nitrogen and oxygen atoms in total. The zero-order valence-electron chi connectivity index (χ0n) is 23.3. The monoisotopic (exact) mass is 616 g/mol. The van der Waals surface area contributed by atoms with Crippen molar-refractivity contribution in [2.75, 3.05) is 0 Å². The Morgan fingerprint density at radius 1 is 0.386 bits per heavy atom. The van der Waals surface area contributed by atoms with E-state index in [1.165, 1.54) is 0 Å². The van der Waals surface area contributed by atoms with Crippen molar-refractivity contribution in [2.24, 2.45) is 0 Å². The first-order valence-electron chi connectivity index (χ1n) is 14.1. The third kappa shape index (κ3) is 4.64. The summed E-state index contributed by atoms with van der Waals surface area (Å²) in [5, 5.41) is 26.2. The van der Waals surface area contributed by atoms with Crippen molar-refractivity contribution in [1.82, 2.24) is 0 Å². The van der Waals surface area contributed by atoms with Gasteiger partial charge in [0.1, 0.15) is 34.2 Å². The third-order valence-corrected chi connectivity index (χ3v) is 8.67. The minimum absolute atomic E-state index is 0.272. The Labute approximate surface area is 265 Å². The van der Waals surface area contributed by atoms with E-state index in [-0.39, 0.29) is 10.0 Å². The van der Waals surface area contributed by atoms with Crippen LogP contribution in [0.2, 0.25) is 10.0 Å². The minimum Gasteiger partial charge on any atom is -0.457 e. The SMILES string of the molecule is OC1(c2ccc(Oc3ccccc3)cc2)c2ccccc2C(O)(c2ccc(Oc3ccccc3)cc2)c2c(Cl)ccc(Cl)c21. The van der Waals surface area contributed by atoms with Crippen molar-refractivity contribution in [1.29, 1.82) is 0 Å². The molecule has 44 heavy (non-hydrogen) atoms. The van der Waals surface area contributed by atoms with Crippen molar-refractivity contribution >= 4 is 23.2 Å². The van der Waals surface area contributed by atoms with Gasteiger partial charge in [0.05, 0.1) is 0 Å². The van der Waals surface area contributed by atoms with Crippen LogP contribution in [-0.2, 0) is 11.2 Å². The lowest BCUT2D eigenvalue weighted by Gasteiger charge is -2.46. The number of fused-ring (bicyclic) bond motifs is 2. The van der Waals surface area contributed by atoms with E-state index in [0.29, 0.717) is 56.4 Å². The second kappa shape index (κ2) is 11.2. The standard InChI is InChI=1S/C38H26Cl2O4/c39-33-23-24-34(40)36-35(33)37(41,25-15-19-29(20-16-25)43-27-9-3-1-4-10-27)31-13-7-8-14-32(31)38(36,42)26-17-21-30(22-18-26)44-28-11-5-2-6-12-28/h1-24,41-42H. The minimum atomic E-state index is -1.73. The molecule has 7 rings (SSSR count). The zero-order chi connectivity index (χ0) is 30.3. The van der Waals surface area contributed by atoms with Gasteiger partial charge in [-0.15, -0.1) is 0 Å². The number of ether oxygens (including phenoxy) is 2. The van der Waals surface area contributed by atoms with Crippen LogP contribution in [0, 0.1) is 0 Å². The molecule has 6 aromatic rings. The van der Waals surface area contributed by atoms with E-state index in [0.717, 1.165) is 0 Å². The average molecular weight is 618 g/mol. The lowest BCUT2D eigenvalue weighted by molar-refractivity contribution is 0.0749. The molecule has 0 aliphatic heterocycles. The molecule has 0 fully saturated rings. The Hall–Kier alpha value is -4.58. The second-order valence-corrected chi connectivity index (χ2v) is 11.4. The van der Waals surface area contributed by atoms with Gasteiger partial charge in [0.2, 0.25) is 0 Å². The fourth-order valence-corrected chi connectivity index (χ4v) is 6.61. The van der Waals surface area contributed by atoms with Crippen molar-refractivity contribution in [3.63, 3.8) is 0 Å².